The smallest absolute Gasteiger partial charge is 0.254 e. The van der Waals surface area contributed by atoms with E-state index in [-0.39, 0.29) is 17.9 Å². The van der Waals surface area contributed by atoms with Gasteiger partial charge >= 0.3 is 0 Å². The lowest BCUT2D eigenvalue weighted by atomic mass is 9.75. The van der Waals surface area contributed by atoms with Crippen LogP contribution in [0.4, 0.5) is 0 Å². The number of benzene rings is 2. The van der Waals surface area contributed by atoms with Gasteiger partial charge in [-0.15, -0.1) is 0 Å². The average Bonchev–Trinajstić information content (AvgIpc) is 3.19. The van der Waals surface area contributed by atoms with E-state index in [1.807, 2.05) is 41.3 Å². The predicted octanol–water partition coefficient (Wildman–Crippen LogP) is 3.92. The molecule has 7 heteroatoms. The highest BCUT2D eigenvalue weighted by atomic mass is 16.5. The van der Waals surface area contributed by atoms with Crippen molar-refractivity contribution in [3.05, 3.63) is 58.7 Å². The summed E-state index contributed by atoms with van der Waals surface area (Å²) in [7, 11) is 3.24. The Kier molecular flexibility index (Phi) is 7.46. The SMILES string of the molecule is COc1cc2c(cc1OC)[C@@H]1[C@H](C(=O)NCCCN3CCCCCC3)c3ccccc3C(=O)N1CC2. The van der Waals surface area contributed by atoms with Crippen molar-refractivity contribution in [3.63, 3.8) is 0 Å². The molecule has 0 aromatic heterocycles. The Bertz CT molecular complexity index is 1110. The van der Waals surface area contributed by atoms with Crippen LogP contribution in [0.25, 0.3) is 0 Å². The number of hydrogen-bond acceptors (Lipinski definition) is 5. The number of carbonyl (C=O) groups is 2. The Morgan fingerprint density at radius 3 is 2.44 bits per heavy atom. The van der Waals surface area contributed by atoms with Crippen molar-refractivity contribution in [2.75, 3.05) is 46.9 Å². The third-order valence-electron chi connectivity index (χ3n) is 7.96. The lowest BCUT2D eigenvalue weighted by Gasteiger charge is -2.45. The molecule has 5 rings (SSSR count). The molecule has 2 amide bonds. The van der Waals surface area contributed by atoms with E-state index in [1.165, 1.54) is 25.7 Å². The second-order valence-electron chi connectivity index (χ2n) is 10.1. The fourth-order valence-corrected chi connectivity index (χ4v) is 6.12. The van der Waals surface area contributed by atoms with Crippen LogP contribution in [-0.4, -0.2) is 68.6 Å². The fraction of sp³-hybridized carbons (Fsp3) is 0.517. The van der Waals surface area contributed by atoms with Crippen LogP contribution in [-0.2, 0) is 11.2 Å². The van der Waals surface area contributed by atoms with Crippen molar-refractivity contribution in [1.29, 1.82) is 0 Å². The predicted molar refractivity (Wildman–Crippen MR) is 139 cm³/mol. The van der Waals surface area contributed by atoms with Gasteiger partial charge in [-0.05, 0) is 80.2 Å². The quantitative estimate of drug-likeness (QED) is 0.595. The van der Waals surface area contributed by atoms with Gasteiger partial charge in [0.2, 0.25) is 5.91 Å². The van der Waals surface area contributed by atoms with Gasteiger partial charge in [-0.25, -0.2) is 0 Å². The summed E-state index contributed by atoms with van der Waals surface area (Å²) in [6.45, 7) is 4.53. The minimum Gasteiger partial charge on any atom is -0.493 e. The molecule has 3 aliphatic rings. The Morgan fingerprint density at radius 2 is 1.69 bits per heavy atom. The van der Waals surface area contributed by atoms with Crippen molar-refractivity contribution >= 4 is 11.8 Å². The third-order valence-corrected chi connectivity index (χ3v) is 7.96. The van der Waals surface area contributed by atoms with E-state index >= 15 is 0 Å². The zero-order valence-electron chi connectivity index (χ0n) is 21.4. The number of hydrogen-bond donors (Lipinski definition) is 1. The van der Waals surface area contributed by atoms with Gasteiger partial charge in [0.05, 0.1) is 26.2 Å². The molecule has 3 aliphatic heterocycles. The standard InChI is InChI=1S/C29H37N3O4/c1-35-24-18-20-12-17-32-27(23(20)19-25(24)36-2)26(21-10-5-6-11-22(21)29(32)34)28(33)30-13-9-16-31-14-7-3-4-8-15-31/h5-6,10-11,18-19,26-27H,3-4,7-9,12-17H2,1-2H3,(H,30,33)/t26-,27-/m1/s1. The summed E-state index contributed by atoms with van der Waals surface area (Å²) in [5.74, 6) is 0.765. The lowest BCUT2D eigenvalue weighted by molar-refractivity contribution is -0.124. The molecule has 192 valence electrons. The van der Waals surface area contributed by atoms with Gasteiger partial charge in [-0.2, -0.15) is 0 Å². The minimum absolute atomic E-state index is 0.0127. The van der Waals surface area contributed by atoms with Crippen LogP contribution in [0.5, 0.6) is 11.5 Å². The van der Waals surface area contributed by atoms with Crippen molar-refractivity contribution < 1.29 is 19.1 Å². The molecule has 3 heterocycles. The summed E-state index contributed by atoms with van der Waals surface area (Å²) in [6.07, 6.45) is 6.82. The van der Waals surface area contributed by atoms with Gasteiger partial charge in [0.1, 0.15) is 0 Å². The lowest BCUT2D eigenvalue weighted by Crippen LogP contribution is -2.50. The normalized spacial score (nSPS) is 21.6. The first kappa shape index (κ1) is 24.6. The number of amides is 2. The van der Waals surface area contributed by atoms with E-state index in [0.717, 1.165) is 42.7 Å². The summed E-state index contributed by atoms with van der Waals surface area (Å²) in [6, 6.07) is 11.1. The molecule has 0 unspecified atom stereocenters. The van der Waals surface area contributed by atoms with Crippen LogP contribution in [0.3, 0.4) is 0 Å². The molecule has 2 aromatic rings. The number of likely N-dealkylation sites (tertiary alicyclic amines) is 1. The van der Waals surface area contributed by atoms with Gasteiger partial charge in [0.15, 0.2) is 11.5 Å². The van der Waals surface area contributed by atoms with Crippen LogP contribution in [0.1, 0.15) is 71.1 Å². The number of ether oxygens (including phenoxy) is 2. The highest BCUT2D eigenvalue weighted by Gasteiger charge is 2.46. The van der Waals surface area contributed by atoms with E-state index in [2.05, 4.69) is 10.2 Å². The molecule has 2 aromatic carbocycles. The first-order valence-corrected chi connectivity index (χ1v) is 13.3. The Labute approximate surface area is 213 Å². The summed E-state index contributed by atoms with van der Waals surface area (Å²) < 4.78 is 11.1. The van der Waals surface area contributed by atoms with Crippen molar-refractivity contribution in [2.45, 2.75) is 50.5 Å². The molecule has 1 N–H and O–H groups in total. The van der Waals surface area contributed by atoms with E-state index in [9.17, 15) is 9.59 Å². The molecule has 36 heavy (non-hydrogen) atoms. The van der Waals surface area contributed by atoms with E-state index < -0.39 is 5.92 Å². The Morgan fingerprint density at radius 1 is 0.972 bits per heavy atom. The van der Waals surface area contributed by atoms with Gasteiger partial charge in [-0.1, -0.05) is 31.0 Å². The summed E-state index contributed by atoms with van der Waals surface area (Å²) in [5.41, 5.74) is 3.49. The van der Waals surface area contributed by atoms with Crippen molar-refractivity contribution in [3.8, 4) is 11.5 Å². The minimum atomic E-state index is -0.478. The highest BCUT2D eigenvalue weighted by Crippen LogP contribution is 2.48. The second-order valence-corrected chi connectivity index (χ2v) is 10.1. The Hall–Kier alpha value is -3.06. The van der Waals surface area contributed by atoms with Crippen molar-refractivity contribution in [2.24, 2.45) is 0 Å². The molecule has 1 saturated heterocycles. The number of methoxy groups -OCH3 is 2. The number of nitrogens with zero attached hydrogens (tertiary/aromatic N) is 2. The first-order valence-electron chi connectivity index (χ1n) is 13.3. The third kappa shape index (κ3) is 4.69. The molecule has 1 fully saturated rings. The van der Waals surface area contributed by atoms with E-state index in [1.54, 1.807) is 14.2 Å². The highest BCUT2D eigenvalue weighted by molar-refractivity contribution is 6.01. The van der Waals surface area contributed by atoms with Gasteiger partial charge in [0.25, 0.3) is 5.91 Å². The monoisotopic (exact) mass is 491 g/mol. The summed E-state index contributed by atoms with van der Waals surface area (Å²) in [4.78, 5) is 31.7. The number of nitrogens with one attached hydrogen (secondary N) is 1. The van der Waals surface area contributed by atoms with E-state index in [4.69, 9.17) is 9.47 Å². The van der Waals surface area contributed by atoms with Crippen LogP contribution >= 0.6 is 0 Å². The van der Waals surface area contributed by atoms with Crippen LogP contribution in [0, 0.1) is 0 Å². The average molecular weight is 492 g/mol. The zero-order chi connectivity index (χ0) is 25.1. The molecule has 0 bridgehead atoms. The van der Waals surface area contributed by atoms with E-state index in [0.29, 0.717) is 36.6 Å². The molecular weight excluding hydrogens is 454 g/mol. The van der Waals surface area contributed by atoms with Gasteiger partial charge in [0, 0.05) is 18.7 Å². The molecule has 0 radical (unpaired) electrons. The molecule has 0 saturated carbocycles. The number of carbonyl (C=O) groups excluding carboxylic acids is 2. The summed E-state index contributed by atoms with van der Waals surface area (Å²) >= 11 is 0. The molecular formula is C29H37N3O4. The number of fused-ring (bicyclic) bond motifs is 4. The topological polar surface area (TPSA) is 71.1 Å². The van der Waals surface area contributed by atoms with Gasteiger partial charge < -0.3 is 24.6 Å². The van der Waals surface area contributed by atoms with Crippen molar-refractivity contribution in [1.82, 2.24) is 15.1 Å². The molecule has 0 aliphatic carbocycles. The van der Waals surface area contributed by atoms with Crippen LogP contribution in [0.15, 0.2) is 36.4 Å². The Balaban J connectivity index is 1.41. The largest absolute Gasteiger partial charge is 0.493 e. The van der Waals surface area contributed by atoms with Crippen LogP contribution < -0.4 is 14.8 Å². The second kappa shape index (κ2) is 10.9. The maximum Gasteiger partial charge on any atom is 0.254 e. The van der Waals surface area contributed by atoms with Crippen LogP contribution in [0.2, 0.25) is 0 Å². The maximum atomic E-state index is 13.8. The maximum absolute atomic E-state index is 13.8. The molecule has 2 atom stereocenters. The zero-order valence-corrected chi connectivity index (χ0v) is 21.4. The number of rotatable bonds is 7. The first-order chi connectivity index (χ1) is 17.6. The summed E-state index contributed by atoms with van der Waals surface area (Å²) in [5, 5.41) is 3.22. The van der Waals surface area contributed by atoms with Gasteiger partial charge in [-0.3, -0.25) is 9.59 Å². The molecule has 7 nitrogen and oxygen atoms in total. The fourth-order valence-electron chi connectivity index (χ4n) is 6.12. The molecule has 0 spiro atoms.